The van der Waals surface area contributed by atoms with Gasteiger partial charge >= 0.3 is 0 Å². The first-order chi connectivity index (χ1) is 10.4. The van der Waals surface area contributed by atoms with Gasteiger partial charge in [0.05, 0.1) is 0 Å². The van der Waals surface area contributed by atoms with E-state index in [4.69, 9.17) is 0 Å². The molecular weight excluding hydrogens is 320 g/mol. The summed E-state index contributed by atoms with van der Waals surface area (Å²) < 4.78 is 0. The Morgan fingerprint density at radius 1 is 0.524 bits per heavy atom. The molecule has 0 aliphatic carbocycles. The molecule has 0 bridgehead atoms. The first kappa shape index (κ1) is 21.2. The van der Waals surface area contributed by atoms with Gasteiger partial charge in [-0.2, -0.15) is 0 Å². The van der Waals surface area contributed by atoms with Gasteiger partial charge in [0.2, 0.25) is 0 Å². The Balaban J connectivity index is 3.02. The molecule has 21 heavy (non-hydrogen) atoms. The summed E-state index contributed by atoms with van der Waals surface area (Å²) in [6.45, 7) is 2.29. The van der Waals surface area contributed by atoms with Gasteiger partial charge in [0, 0.05) is 5.33 Å². The van der Waals surface area contributed by atoms with Gasteiger partial charge in [0.25, 0.3) is 0 Å². The van der Waals surface area contributed by atoms with Gasteiger partial charge in [-0.25, -0.2) is 0 Å². The van der Waals surface area contributed by atoms with E-state index >= 15 is 0 Å². The summed E-state index contributed by atoms with van der Waals surface area (Å²) >= 11 is 3.49. The Bertz CT molecular complexity index is 198. The Labute approximate surface area is 143 Å². The molecule has 1 heteroatoms. The lowest BCUT2D eigenvalue weighted by Gasteiger charge is -2.00. The minimum atomic E-state index is 1.18. The van der Waals surface area contributed by atoms with Crippen LogP contribution in [0.4, 0.5) is 0 Å². The van der Waals surface area contributed by atoms with E-state index in [0.717, 1.165) is 0 Å². The molecule has 0 saturated heterocycles. The molecule has 0 aromatic heterocycles. The Hall–Kier alpha value is 0.220. The van der Waals surface area contributed by atoms with Crippen LogP contribution in [0.2, 0.25) is 0 Å². The number of rotatable bonds is 17. The maximum Gasteiger partial charge on any atom is 0.00313 e. The predicted octanol–water partition coefficient (Wildman–Crippen LogP) is 8.20. The fraction of sp³-hybridized carbons (Fsp3) is 0.900. The first-order valence-electron chi connectivity index (χ1n) is 9.62. The van der Waals surface area contributed by atoms with Crippen LogP contribution in [0.3, 0.4) is 0 Å². The van der Waals surface area contributed by atoms with Crippen LogP contribution in [0, 0.1) is 0 Å². The number of halogens is 1. The summed E-state index contributed by atoms with van der Waals surface area (Å²) in [6, 6.07) is 0. The molecule has 0 aliphatic rings. The average Bonchev–Trinajstić information content (AvgIpc) is 2.50. The summed E-state index contributed by atoms with van der Waals surface area (Å²) in [5.41, 5.74) is 0. The highest BCUT2D eigenvalue weighted by atomic mass is 79.9. The second-order valence-electron chi connectivity index (χ2n) is 6.33. The van der Waals surface area contributed by atoms with Gasteiger partial charge in [-0.1, -0.05) is 106 Å². The number of unbranched alkanes of at least 4 members (excludes halogenated alkanes) is 14. The zero-order chi connectivity index (χ0) is 15.4. The molecule has 0 rings (SSSR count). The zero-order valence-corrected chi connectivity index (χ0v) is 16.1. The summed E-state index contributed by atoms with van der Waals surface area (Å²) in [5, 5.41) is 1.18. The highest BCUT2D eigenvalue weighted by molar-refractivity contribution is 9.09. The molecular formula is C20H39Br. The minimum Gasteiger partial charge on any atom is -0.0928 e. The highest BCUT2D eigenvalue weighted by Gasteiger charge is 1.91. The molecule has 0 unspecified atom stereocenters. The van der Waals surface area contributed by atoms with E-state index in [1.807, 2.05) is 0 Å². The highest BCUT2D eigenvalue weighted by Crippen LogP contribution is 2.11. The molecule has 0 amide bonds. The molecule has 0 aromatic carbocycles. The van der Waals surface area contributed by atoms with Gasteiger partial charge in [0.15, 0.2) is 0 Å². The number of allylic oxidation sites excluding steroid dienone is 2. The second-order valence-corrected chi connectivity index (χ2v) is 7.13. The van der Waals surface area contributed by atoms with E-state index in [-0.39, 0.29) is 0 Å². The number of hydrogen-bond donors (Lipinski definition) is 0. The maximum absolute atomic E-state index is 3.49. The smallest absolute Gasteiger partial charge is 0.00313 e. The lowest BCUT2D eigenvalue weighted by molar-refractivity contribution is 0.577. The van der Waals surface area contributed by atoms with Crippen molar-refractivity contribution >= 4 is 15.9 Å². The minimum absolute atomic E-state index is 1.18. The molecule has 0 nitrogen and oxygen atoms in total. The molecule has 126 valence electrons. The third-order valence-corrected chi connectivity index (χ3v) is 4.71. The monoisotopic (exact) mass is 358 g/mol. The van der Waals surface area contributed by atoms with Crippen LogP contribution in [-0.2, 0) is 0 Å². The van der Waals surface area contributed by atoms with Crippen molar-refractivity contribution in [1.29, 1.82) is 0 Å². The molecule has 0 heterocycles. The van der Waals surface area contributed by atoms with Crippen LogP contribution in [-0.4, -0.2) is 5.33 Å². The van der Waals surface area contributed by atoms with Crippen molar-refractivity contribution in [3.63, 3.8) is 0 Å². The topological polar surface area (TPSA) is 0 Å². The molecule has 0 radical (unpaired) electrons. The fourth-order valence-electron chi connectivity index (χ4n) is 2.70. The Kier molecular flexibility index (Phi) is 20.4. The van der Waals surface area contributed by atoms with Gasteiger partial charge < -0.3 is 0 Å². The van der Waals surface area contributed by atoms with E-state index in [9.17, 15) is 0 Å². The maximum atomic E-state index is 3.49. The van der Waals surface area contributed by atoms with Gasteiger partial charge in [-0.05, 0) is 32.1 Å². The Morgan fingerprint density at radius 2 is 0.905 bits per heavy atom. The summed E-state index contributed by atoms with van der Waals surface area (Å²) in [5.74, 6) is 0. The van der Waals surface area contributed by atoms with Crippen molar-refractivity contribution in [2.75, 3.05) is 5.33 Å². The first-order valence-corrected chi connectivity index (χ1v) is 10.7. The van der Waals surface area contributed by atoms with Crippen molar-refractivity contribution in [1.82, 2.24) is 0 Å². The molecule has 0 N–H and O–H groups in total. The average molecular weight is 359 g/mol. The van der Waals surface area contributed by atoms with E-state index in [2.05, 4.69) is 35.0 Å². The SMILES string of the molecule is CCCCCCCCCC/C=C/CCCCCCCCBr. The zero-order valence-electron chi connectivity index (χ0n) is 14.6. The number of alkyl halides is 1. The van der Waals surface area contributed by atoms with Crippen LogP contribution in [0.5, 0.6) is 0 Å². The third-order valence-electron chi connectivity index (χ3n) is 4.15. The van der Waals surface area contributed by atoms with Crippen molar-refractivity contribution in [2.24, 2.45) is 0 Å². The normalized spacial score (nSPS) is 11.5. The molecule has 0 fully saturated rings. The van der Waals surface area contributed by atoms with E-state index in [0.29, 0.717) is 0 Å². The van der Waals surface area contributed by atoms with E-state index < -0.39 is 0 Å². The Morgan fingerprint density at radius 3 is 1.33 bits per heavy atom. The molecule has 0 aromatic rings. The van der Waals surface area contributed by atoms with Crippen molar-refractivity contribution in [3.05, 3.63) is 12.2 Å². The number of hydrogen-bond acceptors (Lipinski definition) is 0. The fourth-order valence-corrected chi connectivity index (χ4v) is 3.09. The van der Waals surface area contributed by atoms with Gasteiger partial charge in [-0.3, -0.25) is 0 Å². The van der Waals surface area contributed by atoms with Crippen LogP contribution in [0.25, 0.3) is 0 Å². The molecule has 0 saturated carbocycles. The molecule has 0 aliphatic heterocycles. The van der Waals surface area contributed by atoms with Crippen LogP contribution < -0.4 is 0 Å². The standard InChI is InChI=1S/C20H39Br/c1-2-3-4-5-6-7-8-9-10-11-12-13-14-15-16-17-18-19-20-21/h11-12H,2-10,13-20H2,1H3/b12-11+. The van der Waals surface area contributed by atoms with Gasteiger partial charge in [-0.15, -0.1) is 0 Å². The predicted molar refractivity (Wildman–Crippen MR) is 102 cm³/mol. The second kappa shape index (κ2) is 20.2. The van der Waals surface area contributed by atoms with Crippen LogP contribution in [0.15, 0.2) is 12.2 Å². The summed E-state index contributed by atoms with van der Waals surface area (Å²) in [6.07, 6.45) is 27.3. The van der Waals surface area contributed by atoms with E-state index in [1.165, 1.54) is 108 Å². The summed E-state index contributed by atoms with van der Waals surface area (Å²) in [4.78, 5) is 0. The van der Waals surface area contributed by atoms with Gasteiger partial charge in [0.1, 0.15) is 0 Å². The lowest BCUT2D eigenvalue weighted by Crippen LogP contribution is -1.81. The van der Waals surface area contributed by atoms with Crippen LogP contribution >= 0.6 is 15.9 Å². The largest absolute Gasteiger partial charge is 0.0928 e. The summed E-state index contributed by atoms with van der Waals surface area (Å²) in [7, 11) is 0. The third kappa shape index (κ3) is 20.2. The van der Waals surface area contributed by atoms with E-state index in [1.54, 1.807) is 0 Å². The van der Waals surface area contributed by atoms with Crippen molar-refractivity contribution in [2.45, 2.75) is 110 Å². The molecule has 0 atom stereocenters. The van der Waals surface area contributed by atoms with Crippen molar-refractivity contribution in [3.8, 4) is 0 Å². The lowest BCUT2D eigenvalue weighted by atomic mass is 10.1. The van der Waals surface area contributed by atoms with Crippen molar-refractivity contribution < 1.29 is 0 Å². The quantitative estimate of drug-likeness (QED) is 0.139. The molecule has 0 spiro atoms. The van der Waals surface area contributed by atoms with Crippen LogP contribution in [0.1, 0.15) is 110 Å².